The third-order valence-corrected chi connectivity index (χ3v) is 3.32. The lowest BCUT2D eigenvalue weighted by Gasteiger charge is -2.27. The summed E-state index contributed by atoms with van der Waals surface area (Å²) in [4.78, 5) is 0. The van der Waals surface area contributed by atoms with Crippen molar-refractivity contribution >= 4 is 0 Å². The molecule has 0 amide bonds. The highest BCUT2D eigenvalue weighted by atomic mass is 16.5. The van der Waals surface area contributed by atoms with Gasteiger partial charge in [-0.2, -0.15) is 0 Å². The summed E-state index contributed by atoms with van der Waals surface area (Å²) in [6, 6.07) is 1.34. The van der Waals surface area contributed by atoms with Crippen molar-refractivity contribution in [1.29, 1.82) is 0 Å². The molecule has 0 aliphatic carbocycles. The Morgan fingerprint density at radius 3 is 2.81 bits per heavy atom. The monoisotopic (exact) mass is 228 g/mol. The highest BCUT2D eigenvalue weighted by Crippen LogP contribution is 2.11. The lowest BCUT2D eigenvalue weighted by atomic mass is 9.98. The van der Waals surface area contributed by atoms with Crippen molar-refractivity contribution in [3.8, 4) is 0 Å². The lowest BCUT2D eigenvalue weighted by molar-refractivity contribution is 0.156. The van der Waals surface area contributed by atoms with E-state index in [2.05, 4.69) is 24.5 Å². The van der Waals surface area contributed by atoms with Crippen LogP contribution in [0.15, 0.2) is 0 Å². The molecule has 0 spiro atoms. The molecule has 1 heterocycles. The van der Waals surface area contributed by atoms with Crippen LogP contribution in [0.3, 0.4) is 0 Å². The van der Waals surface area contributed by atoms with Crippen LogP contribution in [0.5, 0.6) is 0 Å². The first-order valence-electron chi connectivity index (χ1n) is 6.68. The SMILES string of the molecule is COCC(C)CNC(C)CC1CCCCN1. The smallest absolute Gasteiger partial charge is 0.0499 e. The first-order valence-corrected chi connectivity index (χ1v) is 6.68. The van der Waals surface area contributed by atoms with E-state index in [0.29, 0.717) is 12.0 Å². The van der Waals surface area contributed by atoms with Crippen LogP contribution in [0.1, 0.15) is 39.5 Å². The maximum atomic E-state index is 5.13. The fraction of sp³-hybridized carbons (Fsp3) is 1.00. The first kappa shape index (κ1) is 13.9. The summed E-state index contributed by atoms with van der Waals surface area (Å²) in [7, 11) is 1.77. The Bertz CT molecular complexity index is 169. The number of nitrogens with one attached hydrogen (secondary N) is 2. The van der Waals surface area contributed by atoms with Gasteiger partial charge >= 0.3 is 0 Å². The normalized spacial score (nSPS) is 25.3. The average molecular weight is 228 g/mol. The molecule has 2 N–H and O–H groups in total. The molecule has 1 aliphatic rings. The molecule has 3 atom stereocenters. The van der Waals surface area contributed by atoms with E-state index < -0.39 is 0 Å². The van der Waals surface area contributed by atoms with Crippen LogP contribution in [0.2, 0.25) is 0 Å². The molecule has 0 aromatic heterocycles. The van der Waals surface area contributed by atoms with Gasteiger partial charge < -0.3 is 15.4 Å². The number of hydrogen-bond acceptors (Lipinski definition) is 3. The predicted octanol–water partition coefficient (Wildman–Crippen LogP) is 1.78. The lowest BCUT2D eigenvalue weighted by Crippen LogP contribution is -2.41. The van der Waals surface area contributed by atoms with Crippen molar-refractivity contribution < 1.29 is 4.74 Å². The topological polar surface area (TPSA) is 33.3 Å². The largest absolute Gasteiger partial charge is 0.384 e. The second kappa shape index (κ2) is 8.04. The third kappa shape index (κ3) is 5.83. The van der Waals surface area contributed by atoms with E-state index in [1.54, 1.807) is 7.11 Å². The zero-order valence-corrected chi connectivity index (χ0v) is 11.1. The molecule has 1 saturated heterocycles. The summed E-state index contributed by atoms with van der Waals surface area (Å²) in [5.41, 5.74) is 0. The number of piperidine rings is 1. The third-order valence-electron chi connectivity index (χ3n) is 3.32. The van der Waals surface area contributed by atoms with Crippen LogP contribution in [0.4, 0.5) is 0 Å². The van der Waals surface area contributed by atoms with Crippen LogP contribution >= 0.6 is 0 Å². The Kier molecular flexibility index (Phi) is 7.01. The van der Waals surface area contributed by atoms with Gasteiger partial charge in [-0.3, -0.25) is 0 Å². The fourth-order valence-corrected chi connectivity index (χ4v) is 2.38. The van der Waals surface area contributed by atoms with Crippen LogP contribution in [-0.4, -0.2) is 38.9 Å². The molecular weight excluding hydrogens is 200 g/mol. The molecule has 16 heavy (non-hydrogen) atoms. The maximum Gasteiger partial charge on any atom is 0.0499 e. The van der Waals surface area contributed by atoms with E-state index in [1.165, 1.54) is 32.2 Å². The van der Waals surface area contributed by atoms with Crippen molar-refractivity contribution in [2.24, 2.45) is 5.92 Å². The first-order chi connectivity index (χ1) is 7.72. The zero-order chi connectivity index (χ0) is 11.8. The molecule has 3 nitrogen and oxygen atoms in total. The number of rotatable bonds is 7. The second-order valence-electron chi connectivity index (χ2n) is 5.25. The number of hydrogen-bond donors (Lipinski definition) is 2. The minimum absolute atomic E-state index is 0.603. The van der Waals surface area contributed by atoms with Gasteiger partial charge in [-0.1, -0.05) is 13.3 Å². The average Bonchev–Trinajstić information content (AvgIpc) is 2.28. The fourth-order valence-electron chi connectivity index (χ4n) is 2.38. The Balaban J connectivity index is 2.07. The molecule has 1 rings (SSSR count). The molecule has 96 valence electrons. The molecule has 0 aromatic rings. The van der Waals surface area contributed by atoms with E-state index in [-0.39, 0.29) is 0 Å². The molecular formula is C13H28N2O. The molecule has 0 aromatic carbocycles. The van der Waals surface area contributed by atoms with Crippen molar-refractivity contribution in [1.82, 2.24) is 10.6 Å². The van der Waals surface area contributed by atoms with Gasteiger partial charge in [0.2, 0.25) is 0 Å². The molecule has 0 radical (unpaired) electrons. The van der Waals surface area contributed by atoms with E-state index in [4.69, 9.17) is 4.74 Å². The molecule has 0 bridgehead atoms. The van der Waals surface area contributed by atoms with Crippen LogP contribution < -0.4 is 10.6 Å². The Morgan fingerprint density at radius 1 is 1.38 bits per heavy atom. The number of ether oxygens (including phenoxy) is 1. The van der Waals surface area contributed by atoms with Crippen molar-refractivity contribution in [3.63, 3.8) is 0 Å². The van der Waals surface area contributed by atoms with E-state index >= 15 is 0 Å². The zero-order valence-electron chi connectivity index (χ0n) is 11.1. The Hall–Kier alpha value is -0.120. The van der Waals surface area contributed by atoms with Gasteiger partial charge in [-0.05, 0) is 38.6 Å². The van der Waals surface area contributed by atoms with Crippen molar-refractivity contribution in [2.45, 2.75) is 51.6 Å². The standard InChI is InChI=1S/C13H28N2O/c1-11(10-16-3)9-15-12(2)8-13-6-4-5-7-14-13/h11-15H,4-10H2,1-3H3. The Labute approximate surface area is 100 Å². The minimum atomic E-state index is 0.603. The van der Waals surface area contributed by atoms with Crippen LogP contribution in [-0.2, 0) is 4.74 Å². The van der Waals surface area contributed by atoms with Gasteiger partial charge in [0.25, 0.3) is 0 Å². The van der Waals surface area contributed by atoms with Crippen molar-refractivity contribution in [3.05, 3.63) is 0 Å². The highest BCUT2D eigenvalue weighted by molar-refractivity contribution is 4.77. The molecule has 1 fully saturated rings. The van der Waals surface area contributed by atoms with Gasteiger partial charge in [0.15, 0.2) is 0 Å². The second-order valence-corrected chi connectivity index (χ2v) is 5.25. The van der Waals surface area contributed by atoms with Gasteiger partial charge in [0.1, 0.15) is 0 Å². The van der Waals surface area contributed by atoms with Gasteiger partial charge in [-0.25, -0.2) is 0 Å². The van der Waals surface area contributed by atoms with Crippen molar-refractivity contribution in [2.75, 3.05) is 26.8 Å². The summed E-state index contributed by atoms with van der Waals surface area (Å²) >= 11 is 0. The van der Waals surface area contributed by atoms with Gasteiger partial charge in [0.05, 0.1) is 0 Å². The minimum Gasteiger partial charge on any atom is -0.384 e. The summed E-state index contributed by atoms with van der Waals surface area (Å²) < 4.78 is 5.13. The van der Waals surface area contributed by atoms with Crippen LogP contribution in [0, 0.1) is 5.92 Å². The summed E-state index contributed by atoms with van der Waals surface area (Å²) in [6.07, 6.45) is 5.34. The maximum absolute atomic E-state index is 5.13. The highest BCUT2D eigenvalue weighted by Gasteiger charge is 2.15. The predicted molar refractivity (Wildman–Crippen MR) is 68.8 cm³/mol. The quantitative estimate of drug-likeness (QED) is 0.697. The molecule has 3 unspecified atom stereocenters. The molecule has 1 aliphatic heterocycles. The molecule has 3 heteroatoms. The van der Waals surface area contributed by atoms with E-state index in [1.807, 2.05) is 0 Å². The summed E-state index contributed by atoms with van der Waals surface area (Å²) in [5.74, 6) is 0.603. The number of methoxy groups -OCH3 is 1. The van der Waals surface area contributed by atoms with Gasteiger partial charge in [-0.15, -0.1) is 0 Å². The van der Waals surface area contributed by atoms with E-state index in [9.17, 15) is 0 Å². The molecule has 0 saturated carbocycles. The summed E-state index contributed by atoms with van der Waals surface area (Å²) in [5, 5.41) is 7.19. The van der Waals surface area contributed by atoms with Gasteiger partial charge in [0, 0.05) is 32.3 Å². The Morgan fingerprint density at radius 2 is 2.19 bits per heavy atom. The summed E-state index contributed by atoms with van der Waals surface area (Å²) in [6.45, 7) is 7.62. The van der Waals surface area contributed by atoms with Crippen LogP contribution in [0.25, 0.3) is 0 Å². The van der Waals surface area contributed by atoms with E-state index in [0.717, 1.165) is 19.2 Å².